The maximum absolute atomic E-state index is 5.65. The lowest BCUT2D eigenvalue weighted by molar-refractivity contribution is 0.159. The number of rotatable bonds is 5. The molecule has 0 spiro atoms. The van der Waals surface area contributed by atoms with Crippen molar-refractivity contribution in [2.45, 2.75) is 39.2 Å². The summed E-state index contributed by atoms with van der Waals surface area (Å²) in [4.78, 5) is 2.66. The molecule has 0 saturated carbocycles. The van der Waals surface area contributed by atoms with Crippen LogP contribution in [0, 0.1) is 5.92 Å². The van der Waals surface area contributed by atoms with Crippen LogP contribution in [0.5, 0.6) is 5.75 Å². The molecule has 0 aliphatic carbocycles. The standard InChI is InChI=1S/C18H28N2O.2ClH/c1-14(2)3-5-17(20-10-8-19-9-11-20)15-4-6-18-16(13-15)7-12-21-18;;/h4,6,13-14,17,19H,3,5,7-12H2,1-2H3;2*1H/t17-;;/m0../s1. The summed E-state index contributed by atoms with van der Waals surface area (Å²) in [6, 6.07) is 7.44. The summed E-state index contributed by atoms with van der Waals surface area (Å²) in [6.07, 6.45) is 3.63. The molecule has 0 bridgehead atoms. The van der Waals surface area contributed by atoms with Crippen LogP contribution in [0.4, 0.5) is 0 Å². The molecule has 3 nitrogen and oxygen atoms in total. The molecule has 2 aliphatic rings. The van der Waals surface area contributed by atoms with E-state index in [1.54, 1.807) is 0 Å². The molecule has 23 heavy (non-hydrogen) atoms. The van der Waals surface area contributed by atoms with E-state index in [2.05, 4.69) is 42.3 Å². The fraction of sp³-hybridized carbons (Fsp3) is 0.667. The number of fused-ring (bicyclic) bond motifs is 1. The Labute approximate surface area is 153 Å². The van der Waals surface area contributed by atoms with Crippen LogP contribution in [-0.4, -0.2) is 37.7 Å². The molecule has 0 radical (unpaired) electrons. The van der Waals surface area contributed by atoms with Gasteiger partial charge in [0.1, 0.15) is 5.75 Å². The first-order valence-electron chi connectivity index (χ1n) is 8.44. The van der Waals surface area contributed by atoms with E-state index in [9.17, 15) is 0 Å². The molecule has 132 valence electrons. The average Bonchev–Trinajstić information content (AvgIpc) is 2.96. The van der Waals surface area contributed by atoms with Crippen molar-refractivity contribution in [1.82, 2.24) is 10.2 Å². The summed E-state index contributed by atoms with van der Waals surface area (Å²) in [5.74, 6) is 1.87. The zero-order valence-electron chi connectivity index (χ0n) is 14.2. The van der Waals surface area contributed by atoms with Crippen molar-refractivity contribution in [2.24, 2.45) is 5.92 Å². The largest absolute Gasteiger partial charge is 0.493 e. The predicted octanol–water partition coefficient (Wildman–Crippen LogP) is 3.85. The molecule has 2 aliphatic heterocycles. The number of benzene rings is 1. The third-order valence-corrected chi connectivity index (χ3v) is 4.71. The van der Waals surface area contributed by atoms with Gasteiger partial charge in [0.15, 0.2) is 0 Å². The molecule has 2 heterocycles. The molecule has 5 heteroatoms. The maximum Gasteiger partial charge on any atom is 0.122 e. The molecule has 3 rings (SSSR count). The highest BCUT2D eigenvalue weighted by Crippen LogP contribution is 2.33. The van der Waals surface area contributed by atoms with Crippen LogP contribution in [0.1, 0.15) is 43.9 Å². The lowest BCUT2D eigenvalue weighted by Crippen LogP contribution is -2.45. The smallest absolute Gasteiger partial charge is 0.122 e. The Morgan fingerprint density at radius 2 is 1.87 bits per heavy atom. The van der Waals surface area contributed by atoms with Crippen molar-refractivity contribution in [3.05, 3.63) is 29.3 Å². The van der Waals surface area contributed by atoms with Gasteiger partial charge in [0.2, 0.25) is 0 Å². The van der Waals surface area contributed by atoms with Crippen molar-refractivity contribution in [3.8, 4) is 5.75 Å². The topological polar surface area (TPSA) is 24.5 Å². The quantitative estimate of drug-likeness (QED) is 0.862. The Balaban J connectivity index is 0.00000132. The number of halogens is 2. The van der Waals surface area contributed by atoms with Gasteiger partial charge in [-0.05, 0) is 36.0 Å². The van der Waals surface area contributed by atoms with Crippen molar-refractivity contribution < 1.29 is 4.74 Å². The van der Waals surface area contributed by atoms with Crippen molar-refractivity contribution in [3.63, 3.8) is 0 Å². The van der Waals surface area contributed by atoms with Crippen LogP contribution in [0.2, 0.25) is 0 Å². The fourth-order valence-corrected chi connectivity index (χ4v) is 3.46. The Kier molecular flexibility index (Phi) is 8.70. The zero-order valence-corrected chi connectivity index (χ0v) is 15.8. The number of ether oxygens (including phenoxy) is 1. The lowest BCUT2D eigenvalue weighted by atomic mass is 9.94. The molecule has 1 saturated heterocycles. The van der Waals surface area contributed by atoms with Gasteiger partial charge in [-0.3, -0.25) is 4.90 Å². The fourth-order valence-electron chi connectivity index (χ4n) is 3.46. The molecule has 0 unspecified atom stereocenters. The molecule has 0 aromatic heterocycles. The minimum absolute atomic E-state index is 0. The van der Waals surface area contributed by atoms with Crippen LogP contribution in [-0.2, 0) is 6.42 Å². The molecular formula is C18H30Cl2N2O. The van der Waals surface area contributed by atoms with Crippen LogP contribution >= 0.6 is 24.8 Å². The van der Waals surface area contributed by atoms with Crippen molar-refractivity contribution in [2.75, 3.05) is 32.8 Å². The zero-order chi connectivity index (χ0) is 14.7. The number of hydrogen-bond donors (Lipinski definition) is 1. The van der Waals surface area contributed by atoms with Gasteiger partial charge in [-0.25, -0.2) is 0 Å². The van der Waals surface area contributed by atoms with Gasteiger partial charge in [0.05, 0.1) is 6.61 Å². The monoisotopic (exact) mass is 360 g/mol. The van der Waals surface area contributed by atoms with Gasteiger partial charge in [0, 0.05) is 38.6 Å². The average molecular weight is 361 g/mol. The molecule has 0 amide bonds. The maximum atomic E-state index is 5.65. The van der Waals surface area contributed by atoms with E-state index in [0.717, 1.165) is 50.9 Å². The molecule has 1 fully saturated rings. The second-order valence-corrected chi connectivity index (χ2v) is 6.74. The molecule has 1 atom stereocenters. The first-order chi connectivity index (χ1) is 10.2. The lowest BCUT2D eigenvalue weighted by Gasteiger charge is -2.36. The first-order valence-corrected chi connectivity index (χ1v) is 8.44. The Hall–Kier alpha value is -0.480. The van der Waals surface area contributed by atoms with E-state index in [1.165, 1.54) is 24.0 Å². The van der Waals surface area contributed by atoms with Crippen molar-refractivity contribution >= 4 is 24.8 Å². The van der Waals surface area contributed by atoms with E-state index in [0.29, 0.717) is 6.04 Å². The van der Waals surface area contributed by atoms with E-state index in [1.807, 2.05) is 0 Å². The third-order valence-electron chi connectivity index (χ3n) is 4.71. The molecular weight excluding hydrogens is 331 g/mol. The number of hydrogen-bond acceptors (Lipinski definition) is 3. The summed E-state index contributed by atoms with van der Waals surface area (Å²) in [5, 5.41) is 3.47. The van der Waals surface area contributed by atoms with Gasteiger partial charge >= 0.3 is 0 Å². The van der Waals surface area contributed by atoms with Crippen LogP contribution in [0.3, 0.4) is 0 Å². The van der Waals surface area contributed by atoms with Crippen LogP contribution in [0.15, 0.2) is 18.2 Å². The third kappa shape index (κ3) is 5.25. The highest BCUT2D eigenvalue weighted by Gasteiger charge is 2.24. The Morgan fingerprint density at radius 3 is 2.57 bits per heavy atom. The molecule has 1 aromatic carbocycles. The Morgan fingerprint density at radius 1 is 1.13 bits per heavy atom. The second kappa shape index (κ2) is 9.73. The normalized spacial score (nSPS) is 18.6. The number of nitrogens with one attached hydrogen (secondary N) is 1. The van der Waals surface area contributed by atoms with Gasteiger partial charge in [-0.1, -0.05) is 26.0 Å². The van der Waals surface area contributed by atoms with E-state index in [-0.39, 0.29) is 24.8 Å². The first kappa shape index (κ1) is 20.6. The predicted molar refractivity (Wildman–Crippen MR) is 101 cm³/mol. The van der Waals surface area contributed by atoms with E-state index in [4.69, 9.17) is 4.74 Å². The molecule has 1 N–H and O–H groups in total. The highest BCUT2D eigenvalue weighted by molar-refractivity contribution is 5.85. The van der Waals surface area contributed by atoms with Gasteiger partial charge in [-0.2, -0.15) is 0 Å². The summed E-state index contributed by atoms with van der Waals surface area (Å²) in [6.45, 7) is 10.1. The number of nitrogens with zero attached hydrogens (tertiary/aromatic N) is 1. The highest BCUT2D eigenvalue weighted by atomic mass is 35.5. The van der Waals surface area contributed by atoms with Gasteiger partial charge < -0.3 is 10.1 Å². The summed E-state index contributed by atoms with van der Waals surface area (Å²) < 4.78 is 5.65. The summed E-state index contributed by atoms with van der Waals surface area (Å²) in [5.41, 5.74) is 2.89. The van der Waals surface area contributed by atoms with Gasteiger partial charge in [0.25, 0.3) is 0 Å². The molecule has 1 aromatic rings. The minimum Gasteiger partial charge on any atom is -0.493 e. The summed E-state index contributed by atoms with van der Waals surface area (Å²) in [7, 11) is 0. The van der Waals surface area contributed by atoms with Crippen LogP contribution < -0.4 is 10.1 Å². The summed E-state index contributed by atoms with van der Waals surface area (Å²) >= 11 is 0. The van der Waals surface area contributed by atoms with E-state index < -0.39 is 0 Å². The van der Waals surface area contributed by atoms with Crippen LogP contribution in [0.25, 0.3) is 0 Å². The number of piperazine rings is 1. The van der Waals surface area contributed by atoms with Gasteiger partial charge in [-0.15, -0.1) is 24.8 Å². The SMILES string of the molecule is CC(C)CC[C@@H](c1ccc2c(c1)CCO2)N1CCNCC1.Cl.Cl. The minimum atomic E-state index is 0. The Bertz CT molecular complexity index is 476. The second-order valence-electron chi connectivity index (χ2n) is 6.74. The van der Waals surface area contributed by atoms with E-state index >= 15 is 0 Å². The van der Waals surface area contributed by atoms with Crippen molar-refractivity contribution in [1.29, 1.82) is 0 Å².